The summed E-state index contributed by atoms with van der Waals surface area (Å²) in [7, 11) is 0. The van der Waals surface area contributed by atoms with Gasteiger partial charge in [-0.15, -0.1) is 0 Å². The molecule has 1 aromatic carbocycles. The van der Waals surface area contributed by atoms with Gasteiger partial charge in [-0.05, 0) is 31.2 Å². The van der Waals surface area contributed by atoms with Crippen molar-refractivity contribution in [3.63, 3.8) is 0 Å². The number of nitrogens with zero attached hydrogens (tertiary/aromatic N) is 2. The van der Waals surface area contributed by atoms with E-state index in [1.54, 1.807) is 0 Å². The van der Waals surface area contributed by atoms with Crippen LogP contribution < -0.4 is 5.32 Å². The molecule has 0 bridgehead atoms. The average molecular weight is 264 g/mol. The average Bonchev–Trinajstić information content (AvgIpc) is 2.85. The molecule has 0 spiro atoms. The van der Waals surface area contributed by atoms with Gasteiger partial charge in [-0.2, -0.15) is 0 Å². The number of rotatable bonds is 5. The van der Waals surface area contributed by atoms with Crippen molar-refractivity contribution in [2.75, 3.05) is 6.54 Å². The fraction of sp³-hybridized carbons (Fsp3) is 0.357. The molecule has 0 aliphatic rings. The second kappa shape index (κ2) is 6.03. The fourth-order valence-electron chi connectivity index (χ4n) is 1.85. The van der Waals surface area contributed by atoms with Crippen molar-refractivity contribution in [1.29, 1.82) is 0 Å². The highest BCUT2D eigenvalue weighted by atomic mass is 35.5. The molecular formula is C14H18ClN3. The smallest absolute Gasteiger partial charge is 0.0955 e. The van der Waals surface area contributed by atoms with Crippen LogP contribution in [0.2, 0.25) is 5.02 Å². The minimum Gasteiger partial charge on any atom is -0.330 e. The lowest BCUT2D eigenvalue weighted by Gasteiger charge is -2.13. The zero-order chi connectivity index (χ0) is 13.0. The van der Waals surface area contributed by atoms with Gasteiger partial charge in [-0.25, -0.2) is 4.98 Å². The van der Waals surface area contributed by atoms with Gasteiger partial charge >= 0.3 is 0 Å². The van der Waals surface area contributed by atoms with E-state index in [9.17, 15) is 0 Å². The Morgan fingerprint density at radius 3 is 2.72 bits per heavy atom. The van der Waals surface area contributed by atoms with Gasteiger partial charge in [0.15, 0.2) is 0 Å². The first-order valence-corrected chi connectivity index (χ1v) is 6.57. The molecule has 1 heterocycles. The van der Waals surface area contributed by atoms with Crippen LogP contribution in [-0.4, -0.2) is 16.1 Å². The van der Waals surface area contributed by atoms with Gasteiger partial charge in [0.05, 0.1) is 18.1 Å². The molecule has 1 aromatic heterocycles. The second-order valence-corrected chi connectivity index (χ2v) is 4.76. The summed E-state index contributed by atoms with van der Waals surface area (Å²) in [5.41, 5.74) is 2.30. The summed E-state index contributed by atoms with van der Waals surface area (Å²) in [4.78, 5) is 4.39. The molecule has 0 aliphatic carbocycles. The minimum absolute atomic E-state index is 0.269. The lowest BCUT2D eigenvalue weighted by Crippen LogP contribution is -2.12. The zero-order valence-electron chi connectivity index (χ0n) is 10.7. The molecule has 0 saturated heterocycles. The van der Waals surface area contributed by atoms with Crippen molar-refractivity contribution < 1.29 is 0 Å². The third-order valence-electron chi connectivity index (χ3n) is 3.01. The van der Waals surface area contributed by atoms with Gasteiger partial charge in [0.2, 0.25) is 0 Å². The number of benzene rings is 1. The fourth-order valence-corrected chi connectivity index (χ4v) is 1.98. The van der Waals surface area contributed by atoms with E-state index in [-0.39, 0.29) is 6.04 Å². The minimum atomic E-state index is 0.269. The quantitative estimate of drug-likeness (QED) is 0.897. The molecule has 0 aliphatic heterocycles. The van der Waals surface area contributed by atoms with Crippen molar-refractivity contribution in [3.05, 3.63) is 53.1 Å². The third kappa shape index (κ3) is 3.12. The predicted octanol–water partition coefficient (Wildman–Crippen LogP) is 3.26. The SMILES string of the molecule is CCNCc1cn(C(C)c2ccc(Cl)cc2)cn1. The lowest BCUT2D eigenvalue weighted by atomic mass is 10.1. The molecule has 3 nitrogen and oxygen atoms in total. The first-order chi connectivity index (χ1) is 8.70. The van der Waals surface area contributed by atoms with Gasteiger partial charge < -0.3 is 9.88 Å². The zero-order valence-corrected chi connectivity index (χ0v) is 11.5. The molecule has 4 heteroatoms. The molecule has 0 radical (unpaired) electrons. The Labute approximate surface area is 113 Å². The van der Waals surface area contributed by atoms with Crippen molar-refractivity contribution in [1.82, 2.24) is 14.9 Å². The first kappa shape index (κ1) is 13.1. The molecule has 1 unspecified atom stereocenters. The van der Waals surface area contributed by atoms with Crippen LogP contribution >= 0.6 is 11.6 Å². The molecule has 96 valence electrons. The summed E-state index contributed by atoms with van der Waals surface area (Å²) in [6, 6.07) is 8.21. The highest BCUT2D eigenvalue weighted by Gasteiger charge is 2.08. The Bertz CT molecular complexity index is 490. The Morgan fingerprint density at radius 2 is 2.06 bits per heavy atom. The molecule has 1 N–H and O–H groups in total. The lowest BCUT2D eigenvalue weighted by molar-refractivity contribution is 0.636. The molecule has 18 heavy (non-hydrogen) atoms. The largest absolute Gasteiger partial charge is 0.330 e. The van der Waals surface area contributed by atoms with Gasteiger partial charge in [-0.3, -0.25) is 0 Å². The van der Waals surface area contributed by atoms with Gasteiger partial charge in [0.1, 0.15) is 0 Å². The monoisotopic (exact) mass is 263 g/mol. The molecule has 2 aromatic rings. The maximum atomic E-state index is 5.90. The number of aromatic nitrogens is 2. The number of halogens is 1. The van der Waals surface area contributed by atoms with E-state index < -0.39 is 0 Å². The highest BCUT2D eigenvalue weighted by molar-refractivity contribution is 6.30. The van der Waals surface area contributed by atoms with Crippen molar-refractivity contribution in [2.24, 2.45) is 0 Å². The maximum absolute atomic E-state index is 5.90. The van der Waals surface area contributed by atoms with Gasteiger partial charge in [0, 0.05) is 17.8 Å². The summed E-state index contributed by atoms with van der Waals surface area (Å²) in [5, 5.41) is 4.04. The summed E-state index contributed by atoms with van der Waals surface area (Å²) in [5.74, 6) is 0. The van der Waals surface area contributed by atoms with E-state index in [0.717, 1.165) is 23.8 Å². The Kier molecular flexibility index (Phi) is 4.39. The van der Waals surface area contributed by atoms with E-state index in [0.29, 0.717) is 0 Å². The number of imidazole rings is 1. The topological polar surface area (TPSA) is 29.9 Å². The molecule has 0 fully saturated rings. The Balaban J connectivity index is 2.10. The standard InChI is InChI=1S/C14H18ClN3/c1-3-16-8-14-9-18(10-17-14)11(2)12-4-6-13(15)7-5-12/h4-7,9-11,16H,3,8H2,1-2H3. The van der Waals surface area contributed by atoms with Crippen LogP contribution in [0.3, 0.4) is 0 Å². The van der Waals surface area contributed by atoms with E-state index in [1.165, 1.54) is 5.56 Å². The Hall–Kier alpha value is -1.32. The first-order valence-electron chi connectivity index (χ1n) is 6.19. The van der Waals surface area contributed by atoms with E-state index >= 15 is 0 Å². The molecule has 1 atom stereocenters. The van der Waals surface area contributed by atoms with Crippen LogP contribution in [0.15, 0.2) is 36.8 Å². The van der Waals surface area contributed by atoms with Crippen LogP contribution in [0.25, 0.3) is 0 Å². The Morgan fingerprint density at radius 1 is 1.33 bits per heavy atom. The predicted molar refractivity (Wildman–Crippen MR) is 74.9 cm³/mol. The van der Waals surface area contributed by atoms with E-state index in [2.05, 4.69) is 47.0 Å². The van der Waals surface area contributed by atoms with Crippen molar-refractivity contribution >= 4 is 11.6 Å². The molecule has 0 saturated carbocycles. The maximum Gasteiger partial charge on any atom is 0.0955 e. The highest BCUT2D eigenvalue weighted by Crippen LogP contribution is 2.20. The van der Waals surface area contributed by atoms with Crippen LogP contribution in [0.4, 0.5) is 0 Å². The third-order valence-corrected chi connectivity index (χ3v) is 3.26. The van der Waals surface area contributed by atoms with Crippen LogP contribution in [0.5, 0.6) is 0 Å². The van der Waals surface area contributed by atoms with Crippen LogP contribution in [0.1, 0.15) is 31.1 Å². The molecule has 0 amide bonds. The molecule has 2 rings (SSSR count). The van der Waals surface area contributed by atoms with Crippen molar-refractivity contribution in [3.8, 4) is 0 Å². The summed E-state index contributed by atoms with van der Waals surface area (Å²) in [6.07, 6.45) is 3.97. The number of hydrogen-bond acceptors (Lipinski definition) is 2. The van der Waals surface area contributed by atoms with E-state index in [4.69, 9.17) is 11.6 Å². The van der Waals surface area contributed by atoms with E-state index in [1.807, 2.05) is 18.5 Å². The number of hydrogen-bond donors (Lipinski definition) is 1. The summed E-state index contributed by atoms with van der Waals surface area (Å²) >= 11 is 5.90. The summed E-state index contributed by atoms with van der Waals surface area (Å²) in [6.45, 7) is 6.02. The normalized spacial score (nSPS) is 12.6. The van der Waals surface area contributed by atoms with Gasteiger partial charge in [0.25, 0.3) is 0 Å². The second-order valence-electron chi connectivity index (χ2n) is 4.32. The molecular weight excluding hydrogens is 246 g/mol. The van der Waals surface area contributed by atoms with Gasteiger partial charge in [-0.1, -0.05) is 30.7 Å². The van der Waals surface area contributed by atoms with Crippen molar-refractivity contribution in [2.45, 2.75) is 26.4 Å². The number of nitrogens with one attached hydrogen (secondary N) is 1. The van der Waals surface area contributed by atoms with Crippen LogP contribution in [0, 0.1) is 0 Å². The summed E-state index contributed by atoms with van der Waals surface area (Å²) < 4.78 is 2.12. The van der Waals surface area contributed by atoms with Crippen LogP contribution in [-0.2, 0) is 6.54 Å².